The molecule has 0 radical (unpaired) electrons. The van der Waals surface area contributed by atoms with Gasteiger partial charge in [0.15, 0.2) is 0 Å². The molecular formula is C23H44N4O4. The highest BCUT2D eigenvalue weighted by molar-refractivity contribution is 5.69. The number of piperazine rings is 2. The zero-order valence-corrected chi connectivity index (χ0v) is 19.6. The fourth-order valence-electron chi connectivity index (χ4n) is 4.06. The topological polar surface area (TPSA) is 74.4 Å². The summed E-state index contributed by atoms with van der Waals surface area (Å²) in [4.78, 5) is 30.9. The van der Waals surface area contributed by atoms with Gasteiger partial charge >= 0.3 is 11.9 Å². The second-order valence-corrected chi connectivity index (χ2v) is 8.63. The molecule has 2 heterocycles. The van der Waals surface area contributed by atoms with E-state index in [1.165, 1.54) is 13.0 Å². The number of rotatable bonds is 15. The predicted molar refractivity (Wildman–Crippen MR) is 122 cm³/mol. The lowest BCUT2D eigenvalue weighted by Gasteiger charge is -2.34. The van der Waals surface area contributed by atoms with Crippen molar-refractivity contribution in [1.82, 2.24) is 20.0 Å². The first-order chi connectivity index (χ1) is 15.2. The van der Waals surface area contributed by atoms with E-state index in [9.17, 15) is 9.59 Å². The Labute approximate surface area is 188 Å². The van der Waals surface area contributed by atoms with Crippen LogP contribution in [0.5, 0.6) is 0 Å². The van der Waals surface area contributed by atoms with E-state index in [4.69, 9.17) is 9.47 Å². The number of unbranched alkanes of at least 4 members (excludes halogenated alkanes) is 3. The first kappa shape index (κ1) is 26.0. The Morgan fingerprint density at radius 2 is 1.13 bits per heavy atom. The van der Waals surface area contributed by atoms with Gasteiger partial charge in [-0.25, -0.2) is 0 Å². The molecule has 0 aliphatic carbocycles. The van der Waals surface area contributed by atoms with Gasteiger partial charge in [-0.2, -0.15) is 0 Å². The van der Waals surface area contributed by atoms with Gasteiger partial charge in [0, 0.05) is 65.4 Å². The quantitative estimate of drug-likeness (QED) is 0.302. The Morgan fingerprint density at radius 1 is 0.677 bits per heavy atom. The predicted octanol–water partition coefficient (Wildman–Crippen LogP) is 1.35. The standard InChI is InChI=1S/C23H44N4O4/c1-2-11-25-16-18-27(19-17-25)13-8-23(29)31-21-6-4-3-5-20-30-22(28)7-12-26-14-9-24-10-15-26/h24H,2-21H2,1H3. The molecule has 0 spiro atoms. The first-order valence-corrected chi connectivity index (χ1v) is 12.4. The van der Waals surface area contributed by atoms with Gasteiger partial charge < -0.3 is 29.5 Å². The highest BCUT2D eigenvalue weighted by Gasteiger charge is 2.17. The zero-order valence-electron chi connectivity index (χ0n) is 19.6. The summed E-state index contributed by atoms with van der Waals surface area (Å²) in [5.74, 6) is -0.186. The van der Waals surface area contributed by atoms with Gasteiger partial charge in [0.1, 0.15) is 0 Å². The summed E-state index contributed by atoms with van der Waals surface area (Å²) >= 11 is 0. The molecule has 2 fully saturated rings. The van der Waals surface area contributed by atoms with Gasteiger partial charge in [-0.1, -0.05) is 6.92 Å². The van der Waals surface area contributed by atoms with Crippen molar-refractivity contribution in [2.75, 3.05) is 85.2 Å². The highest BCUT2D eigenvalue weighted by atomic mass is 16.5. The maximum absolute atomic E-state index is 11.9. The van der Waals surface area contributed by atoms with Gasteiger partial charge in [-0.3, -0.25) is 9.59 Å². The third kappa shape index (κ3) is 12.4. The molecule has 2 rings (SSSR count). The SMILES string of the molecule is CCCN1CCN(CCC(=O)OCCCCCCOC(=O)CCN2CCNCC2)CC1. The van der Waals surface area contributed by atoms with Crippen molar-refractivity contribution in [3.63, 3.8) is 0 Å². The van der Waals surface area contributed by atoms with Gasteiger partial charge in [-0.05, 0) is 38.6 Å². The smallest absolute Gasteiger partial charge is 0.307 e. The number of hydrogen-bond donors (Lipinski definition) is 1. The van der Waals surface area contributed by atoms with Gasteiger partial charge in [-0.15, -0.1) is 0 Å². The van der Waals surface area contributed by atoms with Crippen molar-refractivity contribution in [3.05, 3.63) is 0 Å². The van der Waals surface area contributed by atoms with Crippen molar-refractivity contribution >= 4 is 11.9 Å². The van der Waals surface area contributed by atoms with Crippen LogP contribution in [0.3, 0.4) is 0 Å². The van der Waals surface area contributed by atoms with Crippen molar-refractivity contribution in [3.8, 4) is 0 Å². The molecule has 2 aliphatic heterocycles. The first-order valence-electron chi connectivity index (χ1n) is 12.4. The molecule has 0 unspecified atom stereocenters. The summed E-state index contributed by atoms with van der Waals surface area (Å²) in [6.45, 7) is 14.3. The maximum atomic E-state index is 11.9. The molecule has 0 bridgehead atoms. The summed E-state index contributed by atoms with van der Waals surface area (Å²) in [6, 6.07) is 0. The van der Waals surface area contributed by atoms with Crippen molar-refractivity contribution in [2.24, 2.45) is 0 Å². The van der Waals surface area contributed by atoms with Crippen LogP contribution >= 0.6 is 0 Å². The molecule has 0 amide bonds. The van der Waals surface area contributed by atoms with Crippen LogP contribution in [0.4, 0.5) is 0 Å². The molecule has 0 atom stereocenters. The van der Waals surface area contributed by atoms with E-state index in [-0.39, 0.29) is 11.9 Å². The summed E-state index contributed by atoms with van der Waals surface area (Å²) in [6.07, 6.45) is 5.89. The molecule has 8 heteroatoms. The van der Waals surface area contributed by atoms with E-state index in [2.05, 4.69) is 26.9 Å². The van der Waals surface area contributed by atoms with Crippen LogP contribution in [0.2, 0.25) is 0 Å². The van der Waals surface area contributed by atoms with Crippen molar-refractivity contribution < 1.29 is 19.1 Å². The van der Waals surface area contributed by atoms with Crippen LogP contribution in [0.25, 0.3) is 0 Å². The molecule has 31 heavy (non-hydrogen) atoms. The lowest BCUT2D eigenvalue weighted by molar-refractivity contribution is -0.145. The largest absolute Gasteiger partial charge is 0.466 e. The maximum Gasteiger partial charge on any atom is 0.307 e. The Hall–Kier alpha value is -1.22. The van der Waals surface area contributed by atoms with Crippen LogP contribution in [0.1, 0.15) is 51.9 Å². The number of nitrogens with zero attached hydrogens (tertiary/aromatic N) is 3. The Balaban J connectivity index is 1.34. The van der Waals surface area contributed by atoms with Crippen LogP contribution in [-0.4, -0.2) is 112 Å². The monoisotopic (exact) mass is 440 g/mol. The molecule has 0 aromatic heterocycles. The molecule has 0 aromatic carbocycles. The second kappa shape index (κ2) is 16.4. The summed E-state index contributed by atoms with van der Waals surface area (Å²) in [5, 5.41) is 3.31. The Kier molecular flexibility index (Phi) is 13.8. The van der Waals surface area contributed by atoms with E-state index in [1.807, 2.05) is 0 Å². The third-order valence-electron chi connectivity index (χ3n) is 6.04. The molecular weight excluding hydrogens is 396 g/mol. The molecule has 180 valence electrons. The molecule has 0 saturated carbocycles. The minimum atomic E-state index is -0.0979. The number of esters is 2. The van der Waals surface area contributed by atoms with E-state index in [0.717, 1.165) is 91.1 Å². The highest BCUT2D eigenvalue weighted by Crippen LogP contribution is 2.05. The average Bonchev–Trinajstić information content (AvgIpc) is 2.80. The number of carbonyl (C=O) groups is 2. The number of carbonyl (C=O) groups excluding carboxylic acids is 2. The van der Waals surface area contributed by atoms with Gasteiger partial charge in [0.25, 0.3) is 0 Å². The van der Waals surface area contributed by atoms with Crippen LogP contribution in [0, 0.1) is 0 Å². The summed E-state index contributed by atoms with van der Waals surface area (Å²) < 4.78 is 10.7. The van der Waals surface area contributed by atoms with E-state index >= 15 is 0 Å². The lowest BCUT2D eigenvalue weighted by Crippen LogP contribution is -2.46. The number of nitrogens with one attached hydrogen (secondary N) is 1. The molecule has 1 N–H and O–H groups in total. The Morgan fingerprint density at radius 3 is 1.61 bits per heavy atom. The number of ether oxygens (including phenoxy) is 2. The fourth-order valence-corrected chi connectivity index (χ4v) is 4.06. The number of hydrogen-bond acceptors (Lipinski definition) is 8. The molecule has 2 saturated heterocycles. The Bertz CT molecular complexity index is 492. The minimum Gasteiger partial charge on any atom is -0.466 e. The third-order valence-corrected chi connectivity index (χ3v) is 6.04. The molecule has 2 aliphatic rings. The van der Waals surface area contributed by atoms with E-state index in [1.54, 1.807) is 0 Å². The average molecular weight is 441 g/mol. The van der Waals surface area contributed by atoms with Crippen molar-refractivity contribution in [1.29, 1.82) is 0 Å². The fraction of sp³-hybridized carbons (Fsp3) is 0.913. The van der Waals surface area contributed by atoms with Gasteiger partial charge in [0.05, 0.1) is 26.1 Å². The summed E-state index contributed by atoms with van der Waals surface area (Å²) in [5.41, 5.74) is 0. The van der Waals surface area contributed by atoms with E-state index < -0.39 is 0 Å². The van der Waals surface area contributed by atoms with Crippen LogP contribution < -0.4 is 5.32 Å². The van der Waals surface area contributed by atoms with Crippen LogP contribution in [0.15, 0.2) is 0 Å². The molecule has 8 nitrogen and oxygen atoms in total. The normalized spacial score (nSPS) is 18.7. The van der Waals surface area contributed by atoms with Crippen molar-refractivity contribution in [2.45, 2.75) is 51.9 Å². The van der Waals surface area contributed by atoms with Gasteiger partial charge in [0.2, 0.25) is 0 Å². The lowest BCUT2D eigenvalue weighted by atomic mass is 10.2. The molecule has 0 aromatic rings. The second-order valence-electron chi connectivity index (χ2n) is 8.63. The zero-order chi connectivity index (χ0) is 22.2. The van der Waals surface area contributed by atoms with Crippen LogP contribution in [-0.2, 0) is 19.1 Å². The minimum absolute atomic E-state index is 0.0885. The van der Waals surface area contributed by atoms with E-state index in [0.29, 0.717) is 26.1 Å². The summed E-state index contributed by atoms with van der Waals surface area (Å²) in [7, 11) is 0.